The maximum absolute atomic E-state index is 14.1. The third-order valence-electron chi connectivity index (χ3n) is 11.2. The van der Waals surface area contributed by atoms with E-state index in [1.54, 1.807) is 69.3 Å². The van der Waals surface area contributed by atoms with E-state index in [9.17, 15) is 24.0 Å². The summed E-state index contributed by atoms with van der Waals surface area (Å²) in [6.45, 7) is 18.7. The molecule has 15 heteroatoms. The van der Waals surface area contributed by atoms with Crippen molar-refractivity contribution in [3.8, 4) is 5.75 Å². The van der Waals surface area contributed by atoms with Crippen LogP contribution in [0.25, 0.3) is 11.0 Å². The normalized spacial score (nSPS) is 12.3. The quantitative estimate of drug-likeness (QED) is 0.0233. The third-order valence-corrected chi connectivity index (χ3v) is 11.5. The topological polar surface area (TPSA) is 185 Å². The van der Waals surface area contributed by atoms with Gasteiger partial charge in [-0.15, -0.1) is 5.10 Å². The van der Waals surface area contributed by atoms with E-state index in [0.29, 0.717) is 42.0 Å². The van der Waals surface area contributed by atoms with Crippen LogP contribution in [0.3, 0.4) is 0 Å². The molecule has 328 valence electrons. The van der Waals surface area contributed by atoms with Gasteiger partial charge >= 0.3 is 0 Å². The molecule has 1 atom stereocenters. The first kappa shape index (κ1) is 46.8. The number of halogens is 1. The number of hydrazine groups is 1. The van der Waals surface area contributed by atoms with Crippen LogP contribution in [0.4, 0.5) is 22.7 Å². The molecule has 0 saturated heterocycles. The molecule has 5 rings (SSSR count). The number of fused-ring (bicyclic) bond motifs is 1. The summed E-state index contributed by atoms with van der Waals surface area (Å²) in [6, 6.07) is 21.0. The predicted octanol–water partition coefficient (Wildman–Crippen LogP) is 9.38. The van der Waals surface area contributed by atoms with Crippen LogP contribution in [0.5, 0.6) is 5.75 Å². The number of anilines is 4. The fraction of sp³-hybridized carbons (Fsp3) is 0.383. The van der Waals surface area contributed by atoms with Crippen molar-refractivity contribution in [1.82, 2.24) is 20.4 Å². The van der Waals surface area contributed by atoms with Crippen molar-refractivity contribution >= 4 is 75.3 Å². The van der Waals surface area contributed by atoms with Crippen LogP contribution in [0, 0.1) is 5.41 Å². The number of hydrogen-bond acceptors (Lipinski definition) is 9. The molecule has 14 nitrogen and oxygen atoms in total. The molecule has 5 N–H and O–H groups in total. The van der Waals surface area contributed by atoms with E-state index < -0.39 is 29.1 Å². The molecule has 0 unspecified atom stereocenters. The number of ketones is 1. The molecule has 0 aliphatic heterocycles. The third kappa shape index (κ3) is 11.3. The molecule has 0 aliphatic carbocycles. The van der Waals surface area contributed by atoms with E-state index in [1.165, 1.54) is 22.4 Å². The van der Waals surface area contributed by atoms with Gasteiger partial charge in [-0.05, 0) is 102 Å². The summed E-state index contributed by atoms with van der Waals surface area (Å²) >= 11 is 6.54. The van der Waals surface area contributed by atoms with Crippen LogP contribution in [0.1, 0.15) is 116 Å². The summed E-state index contributed by atoms with van der Waals surface area (Å²) in [7, 11) is 0. The summed E-state index contributed by atoms with van der Waals surface area (Å²) in [4.78, 5) is 64.8. The lowest BCUT2D eigenvalue weighted by Gasteiger charge is -2.30. The molecular weight excluding hydrogens is 808 g/mol. The second-order valence-corrected chi connectivity index (χ2v) is 18.0. The summed E-state index contributed by atoms with van der Waals surface area (Å²) < 4.78 is 7.50. The summed E-state index contributed by atoms with van der Waals surface area (Å²) in [5.74, 6) is -1.02. The van der Waals surface area contributed by atoms with Gasteiger partial charge in [-0.2, -0.15) is 0 Å². The standard InChI is InChI=1S/C47H57ClN8O6/c1-10-46(6,7)30-15-23-39(34(26-30)47(8,9)11-2)62-24-12-13-40(58)50-33-20-21-35(48)36(27-33)52-44(61)41(42(59)45(3,4)5)56-38-22-14-29(25-37(38)54-55-56)43(60)51-31-16-18-32(19-17-31)53-49-28-57/h14-23,25-28,41,53H,10-13,24H2,1-9H3,(H,49,57)(H,50,58)(H,51,60)(H,52,61)/t41-/m0/s1. The fourth-order valence-electron chi connectivity index (χ4n) is 6.52. The number of rotatable bonds is 19. The lowest BCUT2D eigenvalue weighted by molar-refractivity contribution is -0.135. The number of benzene rings is 4. The van der Waals surface area contributed by atoms with Crippen molar-refractivity contribution in [3.05, 3.63) is 101 Å². The number of amides is 4. The van der Waals surface area contributed by atoms with E-state index in [4.69, 9.17) is 16.3 Å². The van der Waals surface area contributed by atoms with E-state index in [-0.39, 0.29) is 44.9 Å². The minimum absolute atomic E-state index is 0.0397. The van der Waals surface area contributed by atoms with Crippen LogP contribution >= 0.6 is 11.6 Å². The van der Waals surface area contributed by atoms with Gasteiger partial charge in [0.15, 0.2) is 11.8 Å². The van der Waals surface area contributed by atoms with Gasteiger partial charge in [0.1, 0.15) is 11.3 Å². The molecule has 0 radical (unpaired) electrons. The Morgan fingerprint density at radius 1 is 0.790 bits per heavy atom. The molecule has 0 fully saturated rings. The number of ether oxygens (including phenoxy) is 1. The highest BCUT2D eigenvalue weighted by atomic mass is 35.5. The molecule has 4 aromatic carbocycles. The summed E-state index contributed by atoms with van der Waals surface area (Å²) in [6.07, 6.45) is 3.12. The van der Waals surface area contributed by atoms with Crippen molar-refractivity contribution in [2.45, 2.75) is 105 Å². The zero-order valence-electron chi connectivity index (χ0n) is 36.9. The van der Waals surface area contributed by atoms with Crippen molar-refractivity contribution < 1.29 is 28.7 Å². The highest BCUT2D eigenvalue weighted by molar-refractivity contribution is 6.34. The molecule has 0 saturated carbocycles. The highest BCUT2D eigenvalue weighted by Gasteiger charge is 2.38. The molecule has 1 aromatic heterocycles. The summed E-state index contributed by atoms with van der Waals surface area (Å²) in [5, 5.41) is 17.0. The second kappa shape index (κ2) is 19.6. The minimum Gasteiger partial charge on any atom is -0.493 e. The fourth-order valence-corrected chi connectivity index (χ4v) is 6.68. The highest BCUT2D eigenvalue weighted by Crippen LogP contribution is 2.39. The van der Waals surface area contributed by atoms with Crippen LogP contribution in [0.15, 0.2) is 78.9 Å². The Kier molecular flexibility index (Phi) is 14.8. The molecule has 1 heterocycles. The predicted molar refractivity (Wildman–Crippen MR) is 245 cm³/mol. The zero-order chi connectivity index (χ0) is 45.4. The first-order chi connectivity index (χ1) is 29.3. The SMILES string of the molecule is CCC(C)(C)c1ccc(OCCCC(=O)Nc2ccc(Cl)c(NC(=O)[C@H](C(=O)C(C)(C)C)n3nnc4cc(C(=O)Nc5ccc(NNC=O)cc5)ccc43)c2)c(C(C)(C)CC)c1. The average molecular weight is 865 g/mol. The monoisotopic (exact) mass is 864 g/mol. The van der Waals surface area contributed by atoms with E-state index in [1.807, 2.05) is 6.07 Å². The van der Waals surface area contributed by atoms with Crippen molar-refractivity contribution in [3.63, 3.8) is 0 Å². The van der Waals surface area contributed by atoms with E-state index >= 15 is 0 Å². The maximum atomic E-state index is 14.1. The number of hydrogen-bond donors (Lipinski definition) is 5. The Bertz CT molecular complexity index is 2440. The number of aromatic nitrogens is 3. The number of carbonyl (C=O) groups excluding carboxylic acids is 5. The van der Waals surface area contributed by atoms with Gasteiger partial charge in [-0.25, -0.2) is 4.68 Å². The van der Waals surface area contributed by atoms with Crippen LogP contribution < -0.4 is 31.5 Å². The smallest absolute Gasteiger partial charge is 0.257 e. The number of Topliss-reactive ketones (excluding diaryl/α,β-unsaturated/α-hetero) is 1. The van der Waals surface area contributed by atoms with Crippen molar-refractivity contribution in [2.24, 2.45) is 5.41 Å². The van der Waals surface area contributed by atoms with E-state index in [0.717, 1.165) is 24.2 Å². The molecule has 0 bridgehead atoms. The lowest BCUT2D eigenvalue weighted by atomic mass is 9.76. The molecule has 62 heavy (non-hydrogen) atoms. The molecule has 0 aliphatic rings. The average Bonchev–Trinajstić information content (AvgIpc) is 3.65. The van der Waals surface area contributed by atoms with Crippen molar-refractivity contribution in [2.75, 3.05) is 28.0 Å². The van der Waals surface area contributed by atoms with Gasteiger partial charge in [0.05, 0.1) is 28.5 Å². The molecule has 4 amide bonds. The molecular formula is C47H57ClN8O6. The van der Waals surface area contributed by atoms with Gasteiger partial charge in [0.2, 0.25) is 12.3 Å². The van der Waals surface area contributed by atoms with Gasteiger partial charge in [0, 0.05) is 34.3 Å². The Balaban J connectivity index is 1.26. The van der Waals surface area contributed by atoms with Gasteiger partial charge in [-0.1, -0.05) is 91.3 Å². The Labute approximate surface area is 367 Å². The zero-order valence-corrected chi connectivity index (χ0v) is 37.6. The molecule has 0 spiro atoms. The maximum Gasteiger partial charge on any atom is 0.257 e. The van der Waals surface area contributed by atoms with Crippen LogP contribution in [-0.4, -0.2) is 51.5 Å². The molecule has 5 aromatic rings. The summed E-state index contributed by atoms with van der Waals surface area (Å²) in [5.41, 5.74) is 9.02. The lowest BCUT2D eigenvalue weighted by Crippen LogP contribution is -2.39. The first-order valence-corrected chi connectivity index (χ1v) is 21.1. The Morgan fingerprint density at radius 2 is 1.47 bits per heavy atom. The number of carbonyl (C=O) groups is 5. The van der Waals surface area contributed by atoms with Crippen molar-refractivity contribution in [1.29, 1.82) is 0 Å². The Morgan fingerprint density at radius 3 is 2.13 bits per heavy atom. The second-order valence-electron chi connectivity index (χ2n) is 17.5. The number of nitrogens with one attached hydrogen (secondary N) is 5. The first-order valence-electron chi connectivity index (χ1n) is 20.7. The van der Waals surface area contributed by atoms with Gasteiger partial charge < -0.3 is 20.7 Å². The largest absolute Gasteiger partial charge is 0.493 e. The number of nitrogens with zero attached hydrogens (tertiary/aromatic N) is 3. The van der Waals surface area contributed by atoms with Crippen LogP contribution in [-0.2, 0) is 30.0 Å². The van der Waals surface area contributed by atoms with Gasteiger partial charge in [0.25, 0.3) is 11.8 Å². The minimum atomic E-state index is -1.47. The van der Waals surface area contributed by atoms with E-state index in [2.05, 4.69) is 90.8 Å². The Hall–Kier alpha value is -6.28. The van der Waals surface area contributed by atoms with Crippen LogP contribution in [0.2, 0.25) is 5.02 Å². The van der Waals surface area contributed by atoms with Gasteiger partial charge in [-0.3, -0.25) is 34.8 Å².